The fourth-order valence-electron chi connectivity index (χ4n) is 4.32. The first-order valence-corrected chi connectivity index (χ1v) is 11.0. The van der Waals surface area contributed by atoms with Gasteiger partial charge < -0.3 is 24.9 Å². The van der Waals surface area contributed by atoms with E-state index in [9.17, 15) is 5.11 Å². The lowest BCUT2D eigenvalue weighted by atomic mass is 9.80. The first-order chi connectivity index (χ1) is 15.6. The van der Waals surface area contributed by atoms with Crippen LogP contribution in [-0.4, -0.2) is 33.8 Å². The normalized spacial score (nSPS) is 21.9. The van der Waals surface area contributed by atoms with Gasteiger partial charge in [-0.1, -0.05) is 42.5 Å². The molecule has 0 radical (unpaired) electrons. The summed E-state index contributed by atoms with van der Waals surface area (Å²) in [6.45, 7) is 2.78. The molecule has 5 rings (SSSR count). The molecular formula is C26H27N3O3. The van der Waals surface area contributed by atoms with Crippen molar-refractivity contribution in [1.82, 2.24) is 15.3 Å². The SMILES string of the molecule is CC(Oc1ccc(Oc2nc3ccccc3[nH]2)cc1)C1CC(O)(c2ccccc2)CCN1. The predicted octanol–water partition coefficient (Wildman–Crippen LogP) is 4.76. The highest BCUT2D eigenvalue weighted by Crippen LogP contribution is 2.34. The molecule has 4 aromatic rings. The van der Waals surface area contributed by atoms with Crippen LogP contribution in [0.3, 0.4) is 0 Å². The van der Waals surface area contributed by atoms with Crippen molar-refractivity contribution in [3.63, 3.8) is 0 Å². The highest BCUT2D eigenvalue weighted by atomic mass is 16.5. The minimum Gasteiger partial charge on any atom is -0.489 e. The maximum absolute atomic E-state index is 11.2. The van der Waals surface area contributed by atoms with Crippen LogP contribution in [0, 0.1) is 0 Å². The number of para-hydroxylation sites is 2. The fraction of sp³-hybridized carbons (Fsp3) is 0.269. The van der Waals surface area contributed by atoms with Gasteiger partial charge >= 0.3 is 0 Å². The number of rotatable bonds is 6. The summed E-state index contributed by atoms with van der Waals surface area (Å²) in [4.78, 5) is 7.60. The summed E-state index contributed by atoms with van der Waals surface area (Å²) in [7, 11) is 0. The van der Waals surface area contributed by atoms with E-state index in [4.69, 9.17) is 9.47 Å². The van der Waals surface area contributed by atoms with Crippen LogP contribution in [-0.2, 0) is 5.60 Å². The zero-order valence-corrected chi connectivity index (χ0v) is 18.0. The van der Waals surface area contributed by atoms with Crippen molar-refractivity contribution >= 4 is 11.0 Å². The summed E-state index contributed by atoms with van der Waals surface area (Å²) in [6.07, 6.45) is 1.19. The molecule has 6 nitrogen and oxygen atoms in total. The third kappa shape index (κ3) is 4.33. The van der Waals surface area contributed by atoms with Crippen molar-refractivity contribution in [3.05, 3.63) is 84.4 Å². The molecule has 2 heterocycles. The van der Waals surface area contributed by atoms with Crippen LogP contribution in [0.15, 0.2) is 78.9 Å². The van der Waals surface area contributed by atoms with Crippen LogP contribution >= 0.6 is 0 Å². The van der Waals surface area contributed by atoms with Gasteiger partial charge in [0.2, 0.25) is 0 Å². The highest BCUT2D eigenvalue weighted by molar-refractivity contribution is 5.75. The lowest BCUT2D eigenvalue weighted by molar-refractivity contribution is -0.0257. The molecule has 1 saturated heterocycles. The largest absolute Gasteiger partial charge is 0.489 e. The topological polar surface area (TPSA) is 79.4 Å². The molecule has 3 atom stereocenters. The number of nitrogens with zero attached hydrogens (tertiary/aromatic N) is 1. The zero-order chi connectivity index (χ0) is 22.0. The smallest absolute Gasteiger partial charge is 0.300 e. The molecule has 6 heteroatoms. The number of nitrogens with one attached hydrogen (secondary N) is 2. The molecule has 0 spiro atoms. The van der Waals surface area contributed by atoms with Crippen molar-refractivity contribution in [2.24, 2.45) is 0 Å². The van der Waals surface area contributed by atoms with Gasteiger partial charge in [0.1, 0.15) is 17.6 Å². The lowest BCUT2D eigenvalue weighted by Crippen LogP contribution is -2.52. The van der Waals surface area contributed by atoms with Crippen LogP contribution in [0.2, 0.25) is 0 Å². The summed E-state index contributed by atoms with van der Waals surface area (Å²) in [5.74, 6) is 1.43. The Labute approximate surface area is 187 Å². The zero-order valence-electron chi connectivity index (χ0n) is 18.0. The van der Waals surface area contributed by atoms with Gasteiger partial charge in [0, 0.05) is 6.04 Å². The average Bonchev–Trinajstić information content (AvgIpc) is 3.23. The van der Waals surface area contributed by atoms with Gasteiger partial charge in [-0.15, -0.1) is 0 Å². The van der Waals surface area contributed by atoms with Gasteiger partial charge in [-0.3, -0.25) is 0 Å². The van der Waals surface area contributed by atoms with E-state index in [0.717, 1.165) is 28.9 Å². The van der Waals surface area contributed by atoms with Gasteiger partial charge in [-0.25, -0.2) is 0 Å². The quantitative estimate of drug-likeness (QED) is 0.412. The monoisotopic (exact) mass is 429 g/mol. The van der Waals surface area contributed by atoms with Crippen LogP contribution in [0.25, 0.3) is 11.0 Å². The number of ether oxygens (including phenoxy) is 2. The average molecular weight is 430 g/mol. The van der Waals surface area contributed by atoms with Gasteiger partial charge in [-0.05, 0) is 68.3 Å². The third-order valence-corrected chi connectivity index (χ3v) is 6.11. The van der Waals surface area contributed by atoms with Crippen LogP contribution < -0.4 is 14.8 Å². The molecule has 1 aliphatic heterocycles. The second-order valence-corrected chi connectivity index (χ2v) is 8.37. The number of aliphatic hydroxyl groups is 1. The number of H-pyrrole nitrogens is 1. The number of aromatic nitrogens is 2. The first kappa shape index (κ1) is 20.5. The van der Waals surface area contributed by atoms with Crippen molar-refractivity contribution in [1.29, 1.82) is 0 Å². The molecule has 3 aromatic carbocycles. The predicted molar refractivity (Wildman–Crippen MR) is 124 cm³/mol. The van der Waals surface area contributed by atoms with Crippen LogP contribution in [0.5, 0.6) is 17.5 Å². The number of fused-ring (bicyclic) bond motifs is 1. The third-order valence-electron chi connectivity index (χ3n) is 6.11. The second kappa shape index (κ2) is 8.65. The van der Waals surface area contributed by atoms with Gasteiger partial charge in [0.25, 0.3) is 6.01 Å². The number of piperidine rings is 1. The van der Waals surface area contributed by atoms with Gasteiger partial charge in [0.15, 0.2) is 0 Å². The van der Waals surface area contributed by atoms with Crippen LogP contribution in [0.1, 0.15) is 25.3 Å². The molecule has 3 unspecified atom stereocenters. The van der Waals surface area contributed by atoms with Gasteiger partial charge in [-0.2, -0.15) is 4.98 Å². The maximum atomic E-state index is 11.2. The Bertz CT molecular complexity index is 1140. The second-order valence-electron chi connectivity index (χ2n) is 8.37. The van der Waals surface area contributed by atoms with E-state index in [-0.39, 0.29) is 12.1 Å². The Morgan fingerprint density at radius 1 is 0.969 bits per heavy atom. The van der Waals surface area contributed by atoms with E-state index in [1.54, 1.807) is 0 Å². The summed E-state index contributed by atoms with van der Waals surface area (Å²) in [5, 5.41) is 14.7. The van der Waals surface area contributed by atoms with Crippen molar-refractivity contribution < 1.29 is 14.6 Å². The molecule has 1 aliphatic rings. The van der Waals surface area contributed by atoms with E-state index in [0.29, 0.717) is 24.6 Å². The first-order valence-electron chi connectivity index (χ1n) is 11.0. The van der Waals surface area contributed by atoms with Crippen molar-refractivity contribution in [3.8, 4) is 17.5 Å². The van der Waals surface area contributed by atoms with E-state index in [1.165, 1.54) is 0 Å². The standard InChI is InChI=1S/C26H27N3O3/c1-18(24-17-26(30,15-16-27-24)19-7-3-2-4-8-19)31-20-11-13-21(14-12-20)32-25-28-22-9-5-6-10-23(22)29-25/h2-14,18,24,27,30H,15-17H2,1H3,(H,28,29). The Hall–Kier alpha value is -3.35. The number of hydrogen-bond acceptors (Lipinski definition) is 5. The molecular weight excluding hydrogens is 402 g/mol. The van der Waals surface area contributed by atoms with Gasteiger partial charge in [0.05, 0.1) is 16.6 Å². The van der Waals surface area contributed by atoms with E-state index in [1.807, 2.05) is 85.8 Å². The molecule has 1 fully saturated rings. The molecule has 0 aliphatic carbocycles. The van der Waals surface area contributed by atoms with E-state index in [2.05, 4.69) is 15.3 Å². The van der Waals surface area contributed by atoms with Crippen LogP contribution in [0.4, 0.5) is 0 Å². The number of hydrogen-bond donors (Lipinski definition) is 3. The Kier molecular flexibility index (Phi) is 5.55. The number of aromatic amines is 1. The van der Waals surface area contributed by atoms with Crippen molar-refractivity contribution in [2.75, 3.05) is 6.54 Å². The Balaban J connectivity index is 1.22. The molecule has 0 saturated carbocycles. The summed E-state index contributed by atoms with van der Waals surface area (Å²) in [5.41, 5.74) is 1.93. The summed E-state index contributed by atoms with van der Waals surface area (Å²) in [6, 6.07) is 25.7. The number of benzene rings is 3. The molecule has 1 aromatic heterocycles. The summed E-state index contributed by atoms with van der Waals surface area (Å²) < 4.78 is 12.0. The molecule has 32 heavy (non-hydrogen) atoms. The summed E-state index contributed by atoms with van der Waals surface area (Å²) >= 11 is 0. The molecule has 0 bridgehead atoms. The van der Waals surface area contributed by atoms with E-state index < -0.39 is 5.60 Å². The molecule has 0 amide bonds. The number of imidazole rings is 1. The minimum absolute atomic E-state index is 0.0421. The Morgan fingerprint density at radius 2 is 1.69 bits per heavy atom. The Morgan fingerprint density at radius 3 is 2.47 bits per heavy atom. The van der Waals surface area contributed by atoms with E-state index >= 15 is 0 Å². The fourth-order valence-corrected chi connectivity index (χ4v) is 4.32. The highest BCUT2D eigenvalue weighted by Gasteiger charge is 2.38. The minimum atomic E-state index is -0.834. The molecule has 3 N–H and O–H groups in total. The maximum Gasteiger partial charge on any atom is 0.300 e. The van der Waals surface area contributed by atoms with Crippen molar-refractivity contribution in [2.45, 2.75) is 37.5 Å². The lowest BCUT2D eigenvalue weighted by Gasteiger charge is -2.40. The molecule has 164 valence electrons.